The molecule has 0 radical (unpaired) electrons. The lowest BCUT2D eigenvalue weighted by Gasteiger charge is -2.33. The lowest BCUT2D eigenvalue weighted by Crippen LogP contribution is -2.36. The predicted octanol–water partition coefficient (Wildman–Crippen LogP) is 4.39. The molecule has 2 aliphatic rings. The van der Waals surface area contributed by atoms with Gasteiger partial charge in [0.2, 0.25) is 0 Å². The number of rotatable bonds is 8. The second-order valence-electron chi connectivity index (χ2n) is 8.42. The van der Waals surface area contributed by atoms with Crippen LogP contribution in [0, 0.1) is 22.1 Å². The molecule has 0 bridgehead atoms. The predicted molar refractivity (Wildman–Crippen MR) is 131 cm³/mol. The van der Waals surface area contributed by atoms with E-state index in [4.69, 9.17) is 15.6 Å². The maximum Gasteiger partial charge on any atom is 0.169 e. The molecule has 4 rings (SSSR count). The van der Waals surface area contributed by atoms with Crippen LogP contribution < -0.4 is 9.62 Å². The van der Waals surface area contributed by atoms with Gasteiger partial charge in [0.15, 0.2) is 5.82 Å². The number of thioether (sulfide) groups is 1. The largest absolute Gasteiger partial charge is 0.381 e. The maximum atomic E-state index is 13.9. The minimum atomic E-state index is -1.38. The van der Waals surface area contributed by atoms with Gasteiger partial charge in [-0.2, -0.15) is 5.26 Å². The highest BCUT2D eigenvalue weighted by Gasteiger charge is 2.43. The van der Waals surface area contributed by atoms with Gasteiger partial charge in [0.25, 0.3) is 0 Å². The van der Waals surface area contributed by atoms with E-state index in [-0.39, 0.29) is 16.5 Å². The van der Waals surface area contributed by atoms with Crippen molar-refractivity contribution in [1.82, 2.24) is 14.1 Å². The van der Waals surface area contributed by atoms with Crippen LogP contribution in [0.3, 0.4) is 0 Å². The third-order valence-electron chi connectivity index (χ3n) is 6.10. The van der Waals surface area contributed by atoms with Gasteiger partial charge < -0.3 is 9.64 Å². The second kappa shape index (κ2) is 10.0. The smallest absolute Gasteiger partial charge is 0.169 e. The van der Waals surface area contributed by atoms with E-state index in [1.807, 2.05) is 10.6 Å². The number of fused-ring (bicyclic) bond motifs is 1. The van der Waals surface area contributed by atoms with Crippen molar-refractivity contribution in [2.45, 2.75) is 61.7 Å². The number of ether oxygens (including phenoxy) is 1. The fourth-order valence-electron chi connectivity index (χ4n) is 3.75. The van der Waals surface area contributed by atoms with Gasteiger partial charge >= 0.3 is 0 Å². The molecule has 2 fully saturated rings. The number of hydrogen-bond donors (Lipinski definition) is 3. The molecule has 8 nitrogen and oxygen atoms in total. The summed E-state index contributed by atoms with van der Waals surface area (Å²) in [6, 6.07) is 4.74. The zero-order valence-corrected chi connectivity index (χ0v) is 20.4. The molecule has 0 aromatic carbocycles. The van der Waals surface area contributed by atoms with Crippen LogP contribution in [0.4, 0.5) is 10.1 Å². The number of nitrogens with one attached hydrogen (secondary N) is 3. The molecular formula is C22H28FN7OS2. The Labute approximate surface area is 201 Å². The zero-order chi connectivity index (χ0) is 23.6. The number of nitrogens with zero attached hydrogens (tertiary/aromatic N) is 4. The lowest BCUT2D eigenvalue weighted by atomic mass is 10.1. The fraction of sp³-hybridized carbons (Fsp3) is 0.545. The molecule has 33 heavy (non-hydrogen) atoms. The Morgan fingerprint density at radius 3 is 2.82 bits per heavy atom. The molecule has 1 saturated carbocycles. The molecule has 3 N–H and O–H groups in total. The van der Waals surface area contributed by atoms with Crippen LogP contribution >= 0.6 is 23.7 Å². The van der Waals surface area contributed by atoms with Gasteiger partial charge in [-0.15, -0.1) is 0 Å². The summed E-state index contributed by atoms with van der Waals surface area (Å²) in [5.74, 6) is 0.369. The molecule has 0 amide bonds. The van der Waals surface area contributed by atoms with Crippen molar-refractivity contribution < 1.29 is 9.13 Å². The third-order valence-corrected chi connectivity index (χ3v) is 7.91. The van der Waals surface area contributed by atoms with Gasteiger partial charge in [-0.05, 0) is 61.9 Å². The number of hydrogen-bond acceptors (Lipinski definition) is 9. The molecule has 1 aliphatic heterocycles. The first kappa shape index (κ1) is 24.0. The van der Waals surface area contributed by atoms with E-state index in [1.165, 1.54) is 11.9 Å². The number of halogens is 1. The van der Waals surface area contributed by atoms with Gasteiger partial charge in [-0.1, -0.05) is 6.92 Å². The number of alkyl halides is 1. The molecular weight excluding hydrogens is 461 g/mol. The van der Waals surface area contributed by atoms with E-state index in [2.05, 4.69) is 33.8 Å². The average molecular weight is 490 g/mol. The molecule has 2 aromatic rings. The summed E-state index contributed by atoms with van der Waals surface area (Å²) in [5, 5.41) is 25.7. The highest BCUT2D eigenvalue weighted by molar-refractivity contribution is 8.26. The first-order valence-corrected chi connectivity index (χ1v) is 12.7. The summed E-state index contributed by atoms with van der Waals surface area (Å²) in [5.41, 5.74) is 1.34. The molecule has 1 saturated heterocycles. The molecule has 1 aliphatic carbocycles. The zero-order valence-electron chi connectivity index (χ0n) is 18.7. The topological polar surface area (TPSA) is 113 Å². The monoisotopic (exact) mass is 489 g/mol. The van der Waals surface area contributed by atoms with Crippen LogP contribution in [0.1, 0.15) is 44.9 Å². The Bertz CT molecular complexity index is 1090. The number of anilines is 1. The second-order valence-corrected chi connectivity index (χ2v) is 10.4. The minimum Gasteiger partial charge on any atom is -0.381 e. The van der Waals surface area contributed by atoms with Crippen molar-refractivity contribution in [2.75, 3.05) is 25.2 Å². The van der Waals surface area contributed by atoms with Crippen molar-refractivity contribution in [2.24, 2.45) is 0 Å². The normalized spacial score (nSPS) is 18.6. The summed E-state index contributed by atoms with van der Waals surface area (Å²) < 4.78 is 24.6. The van der Waals surface area contributed by atoms with E-state index in [1.54, 1.807) is 13.1 Å². The number of pyridine rings is 1. The first-order chi connectivity index (χ1) is 15.9. The van der Waals surface area contributed by atoms with Gasteiger partial charge in [-0.3, -0.25) is 15.2 Å². The maximum absolute atomic E-state index is 13.9. The molecule has 11 heteroatoms. The minimum absolute atomic E-state index is 0.0292. The van der Waals surface area contributed by atoms with Crippen LogP contribution in [-0.4, -0.2) is 57.5 Å². The lowest BCUT2D eigenvalue weighted by molar-refractivity contribution is 0.0855. The molecule has 176 valence electrons. The van der Waals surface area contributed by atoms with Crippen molar-refractivity contribution in [3.63, 3.8) is 0 Å². The van der Waals surface area contributed by atoms with E-state index in [0.29, 0.717) is 11.9 Å². The van der Waals surface area contributed by atoms with Crippen LogP contribution in [0.25, 0.3) is 5.52 Å². The summed E-state index contributed by atoms with van der Waals surface area (Å²) in [4.78, 5) is 7.59. The Balaban J connectivity index is 1.68. The quantitative estimate of drug-likeness (QED) is 0.286. The molecule has 2 aromatic heterocycles. The highest BCUT2D eigenvalue weighted by Crippen LogP contribution is 2.39. The number of imidazole rings is 1. The van der Waals surface area contributed by atoms with E-state index in [0.717, 1.165) is 66.8 Å². The number of aromatic nitrogens is 2. The third kappa shape index (κ3) is 5.19. The Hall–Kier alpha value is -2.13. The first-order valence-electron chi connectivity index (χ1n) is 11.0. The van der Waals surface area contributed by atoms with Crippen LogP contribution in [0.5, 0.6) is 0 Å². The van der Waals surface area contributed by atoms with Crippen molar-refractivity contribution in [3.8, 4) is 6.07 Å². The van der Waals surface area contributed by atoms with E-state index >= 15 is 0 Å². The van der Waals surface area contributed by atoms with Crippen LogP contribution in [0.15, 0.2) is 23.4 Å². The van der Waals surface area contributed by atoms with Gasteiger partial charge in [-0.25, -0.2) is 14.1 Å². The molecule has 1 unspecified atom stereocenters. The van der Waals surface area contributed by atoms with Crippen LogP contribution in [0.2, 0.25) is 0 Å². The summed E-state index contributed by atoms with van der Waals surface area (Å²) in [7, 11) is 2.06. The standard InChI is InChI=1S/C22H28FN7OS2/c1-3-16(23)19(25)32-20(26)21-27-11-18-17(29(2)14-4-8-31-9-5-14)10-15(12-30(18)21)33-28-22(13-24)6-7-22/h10-12,14,16,25-26,28H,3-9H2,1-2H3. The summed E-state index contributed by atoms with van der Waals surface area (Å²) in [6.45, 7) is 3.13. The average Bonchev–Trinajstić information content (AvgIpc) is 3.51. The Morgan fingerprint density at radius 1 is 1.45 bits per heavy atom. The summed E-state index contributed by atoms with van der Waals surface area (Å²) in [6.07, 6.45) is 5.94. The SMILES string of the molecule is CCC(F)C(=N)SC(=N)c1ncc2c(N(C)C3CCOCC3)cc(SNC3(C#N)CC3)cn12. The molecule has 1 atom stereocenters. The van der Waals surface area contributed by atoms with Gasteiger partial charge in [0.05, 0.1) is 23.5 Å². The summed E-state index contributed by atoms with van der Waals surface area (Å²) >= 11 is 2.20. The highest BCUT2D eigenvalue weighted by atomic mass is 32.2. The Kier molecular flexibility index (Phi) is 7.28. The van der Waals surface area contributed by atoms with Crippen molar-refractivity contribution in [3.05, 3.63) is 24.3 Å². The fourth-order valence-corrected chi connectivity index (χ4v) is 5.40. The van der Waals surface area contributed by atoms with Crippen molar-refractivity contribution in [1.29, 1.82) is 16.1 Å². The Morgan fingerprint density at radius 2 is 2.18 bits per heavy atom. The molecule has 3 heterocycles. The van der Waals surface area contributed by atoms with E-state index in [9.17, 15) is 9.65 Å². The van der Waals surface area contributed by atoms with Crippen LogP contribution in [-0.2, 0) is 4.74 Å². The van der Waals surface area contributed by atoms with Gasteiger partial charge in [0, 0.05) is 37.4 Å². The van der Waals surface area contributed by atoms with Crippen molar-refractivity contribution >= 4 is 45.0 Å². The van der Waals surface area contributed by atoms with E-state index < -0.39 is 11.7 Å². The number of nitriles is 1. The molecule has 0 spiro atoms. The van der Waals surface area contributed by atoms with Gasteiger partial charge in [0.1, 0.15) is 21.8 Å².